The second-order valence-electron chi connectivity index (χ2n) is 6.97. The van der Waals surface area contributed by atoms with Crippen molar-refractivity contribution in [1.29, 1.82) is 0 Å². The van der Waals surface area contributed by atoms with Crippen LogP contribution in [0, 0.1) is 5.92 Å². The number of rotatable bonds is 6. The zero-order valence-electron chi connectivity index (χ0n) is 14.2. The molecule has 126 valence electrons. The Bertz CT molecular complexity index is 628. The molecular formula is C20H26N4. The molecule has 1 aliphatic heterocycles. The Morgan fingerprint density at radius 1 is 0.958 bits per heavy atom. The first-order valence-corrected chi connectivity index (χ1v) is 9.08. The maximum Gasteiger partial charge on any atom is 0.126 e. The van der Waals surface area contributed by atoms with Gasteiger partial charge in [0.1, 0.15) is 5.82 Å². The predicted molar refractivity (Wildman–Crippen MR) is 99.4 cm³/mol. The van der Waals surface area contributed by atoms with Crippen molar-refractivity contribution >= 4 is 11.5 Å². The minimum Gasteiger partial charge on any atom is -0.369 e. The number of hydrogen-bond acceptors (Lipinski definition) is 4. The summed E-state index contributed by atoms with van der Waals surface area (Å²) in [6.45, 7) is 6.86. The number of nitrogens with zero attached hydrogens (tertiary/aromatic N) is 3. The summed E-state index contributed by atoms with van der Waals surface area (Å²) < 4.78 is 0. The molecule has 0 spiro atoms. The highest BCUT2D eigenvalue weighted by molar-refractivity contribution is 5.48. The lowest BCUT2D eigenvalue weighted by atomic mass is 10.1. The summed E-state index contributed by atoms with van der Waals surface area (Å²) in [6, 6.07) is 14.9. The number of piperazine rings is 1. The van der Waals surface area contributed by atoms with Crippen LogP contribution in [0.1, 0.15) is 18.4 Å². The van der Waals surface area contributed by atoms with Gasteiger partial charge in [0.15, 0.2) is 0 Å². The minimum absolute atomic E-state index is 0.812. The van der Waals surface area contributed by atoms with Crippen LogP contribution >= 0.6 is 0 Å². The van der Waals surface area contributed by atoms with Crippen LogP contribution in [0.25, 0.3) is 0 Å². The number of aromatic nitrogens is 1. The topological polar surface area (TPSA) is 31.4 Å². The van der Waals surface area contributed by atoms with E-state index in [9.17, 15) is 0 Å². The number of anilines is 2. The molecule has 2 heterocycles. The van der Waals surface area contributed by atoms with Crippen molar-refractivity contribution in [3.05, 3.63) is 54.2 Å². The fraction of sp³-hybridized carbons (Fsp3) is 0.450. The highest BCUT2D eigenvalue weighted by atomic mass is 15.3. The second-order valence-corrected chi connectivity index (χ2v) is 6.97. The monoisotopic (exact) mass is 322 g/mol. The number of pyridine rings is 1. The van der Waals surface area contributed by atoms with E-state index in [0.29, 0.717) is 0 Å². The molecule has 0 bridgehead atoms. The first-order chi connectivity index (χ1) is 11.9. The van der Waals surface area contributed by atoms with Crippen LogP contribution in [0.4, 0.5) is 11.5 Å². The van der Waals surface area contributed by atoms with E-state index in [1.54, 1.807) is 0 Å². The SMILES string of the molecule is c1ccc(NCc2ccc(N3CCN(CC4CC4)CC3)cc2)nc1. The van der Waals surface area contributed by atoms with Gasteiger partial charge in [-0.25, -0.2) is 4.98 Å². The normalized spacial score (nSPS) is 18.6. The third-order valence-corrected chi connectivity index (χ3v) is 5.03. The standard InChI is InChI=1S/C20H26N4/c1-2-10-21-20(3-1)22-15-17-6-8-19(9-7-17)24-13-11-23(12-14-24)16-18-4-5-18/h1-3,6-10,18H,4-5,11-16H2,(H,21,22). The van der Waals surface area contributed by atoms with Crippen molar-refractivity contribution in [3.63, 3.8) is 0 Å². The zero-order chi connectivity index (χ0) is 16.2. The van der Waals surface area contributed by atoms with Crippen LogP contribution < -0.4 is 10.2 Å². The summed E-state index contributed by atoms with van der Waals surface area (Å²) >= 11 is 0. The molecule has 4 heteroatoms. The lowest BCUT2D eigenvalue weighted by Gasteiger charge is -2.36. The average Bonchev–Trinajstić information content (AvgIpc) is 3.46. The molecule has 4 rings (SSSR count). The van der Waals surface area contributed by atoms with E-state index in [0.717, 1.165) is 31.4 Å². The van der Waals surface area contributed by atoms with Crippen molar-refractivity contribution in [1.82, 2.24) is 9.88 Å². The van der Waals surface area contributed by atoms with E-state index in [4.69, 9.17) is 0 Å². The number of nitrogens with one attached hydrogen (secondary N) is 1. The van der Waals surface area contributed by atoms with Gasteiger partial charge in [-0.2, -0.15) is 0 Å². The van der Waals surface area contributed by atoms with Gasteiger partial charge in [-0.3, -0.25) is 4.90 Å². The summed E-state index contributed by atoms with van der Waals surface area (Å²) in [6.07, 6.45) is 4.72. The molecule has 1 aromatic heterocycles. The average molecular weight is 322 g/mol. The van der Waals surface area contributed by atoms with E-state index in [-0.39, 0.29) is 0 Å². The van der Waals surface area contributed by atoms with Crippen molar-refractivity contribution in [2.75, 3.05) is 42.9 Å². The third kappa shape index (κ3) is 4.06. The van der Waals surface area contributed by atoms with Crippen LogP contribution in [0.5, 0.6) is 0 Å². The molecular weight excluding hydrogens is 296 g/mol. The van der Waals surface area contributed by atoms with Crippen molar-refractivity contribution < 1.29 is 0 Å². The van der Waals surface area contributed by atoms with Gasteiger partial charge >= 0.3 is 0 Å². The van der Waals surface area contributed by atoms with Crippen LogP contribution in [0.2, 0.25) is 0 Å². The Morgan fingerprint density at radius 2 is 1.75 bits per heavy atom. The van der Waals surface area contributed by atoms with Gasteiger partial charge < -0.3 is 10.2 Å². The Morgan fingerprint density at radius 3 is 2.42 bits per heavy atom. The van der Waals surface area contributed by atoms with Crippen molar-refractivity contribution in [3.8, 4) is 0 Å². The summed E-state index contributed by atoms with van der Waals surface area (Å²) in [5, 5.41) is 3.36. The zero-order valence-corrected chi connectivity index (χ0v) is 14.2. The smallest absolute Gasteiger partial charge is 0.126 e. The van der Waals surface area contributed by atoms with Crippen LogP contribution in [-0.4, -0.2) is 42.6 Å². The molecule has 2 fully saturated rings. The first kappa shape index (κ1) is 15.5. The molecule has 24 heavy (non-hydrogen) atoms. The van der Waals surface area contributed by atoms with Gasteiger partial charge in [0.25, 0.3) is 0 Å². The molecule has 1 aliphatic carbocycles. The highest BCUT2D eigenvalue weighted by Gasteiger charge is 2.26. The lowest BCUT2D eigenvalue weighted by Crippen LogP contribution is -2.47. The van der Waals surface area contributed by atoms with Gasteiger partial charge in [0.2, 0.25) is 0 Å². The summed E-state index contributed by atoms with van der Waals surface area (Å²) in [4.78, 5) is 9.44. The highest BCUT2D eigenvalue weighted by Crippen LogP contribution is 2.30. The van der Waals surface area contributed by atoms with E-state index < -0.39 is 0 Å². The van der Waals surface area contributed by atoms with Crippen LogP contribution in [0.15, 0.2) is 48.7 Å². The molecule has 1 aromatic carbocycles. The number of hydrogen-bond donors (Lipinski definition) is 1. The van der Waals surface area contributed by atoms with Gasteiger partial charge in [0, 0.05) is 51.2 Å². The van der Waals surface area contributed by atoms with Crippen LogP contribution in [-0.2, 0) is 6.54 Å². The fourth-order valence-corrected chi connectivity index (χ4v) is 3.34. The molecule has 2 aromatic rings. The van der Waals surface area contributed by atoms with E-state index in [1.807, 2.05) is 24.4 Å². The van der Waals surface area contributed by atoms with Gasteiger partial charge in [-0.1, -0.05) is 18.2 Å². The summed E-state index contributed by atoms with van der Waals surface area (Å²) in [5.41, 5.74) is 2.64. The first-order valence-electron chi connectivity index (χ1n) is 9.08. The predicted octanol–water partition coefficient (Wildman–Crippen LogP) is 3.23. The van der Waals surface area contributed by atoms with Gasteiger partial charge in [0.05, 0.1) is 0 Å². The number of benzene rings is 1. The second kappa shape index (κ2) is 7.22. The molecule has 0 atom stereocenters. The molecule has 1 N–H and O–H groups in total. The minimum atomic E-state index is 0.812. The molecule has 1 saturated carbocycles. The Labute approximate surface area is 144 Å². The summed E-state index contributed by atoms with van der Waals surface area (Å²) in [5.74, 6) is 1.93. The molecule has 0 radical (unpaired) electrons. The Hall–Kier alpha value is -2.07. The Kier molecular flexibility index (Phi) is 4.65. The van der Waals surface area contributed by atoms with E-state index in [2.05, 4.69) is 44.4 Å². The van der Waals surface area contributed by atoms with Gasteiger partial charge in [-0.15, -0.1) is 0 Å². The summed E-state index contributed by atoms with van der Waals surface area (Å²) in [7, 11) is 0. The maximum atomic E-state index is 4.29. The van der Waals surface area contributed by atoms with E-state index >= 15 is 0 Å². The van der Waals surface area contributed by atoms with Crippen molar-refractivity contribution in [2.24, 2.45) is 5.92 Å². The molecule has 4 nitrogen and oxygen atoms in total. The van der Waals surface area contributed by atoms with Gasteiger partial charge in [-0.05, 0) is 48.6 Å². The van der Waals surface area contributed by atoms with Crippen molar-refractivity contribution in [2.45, 2.75) is 19.4 Å². The largest absolute Gasteiger partial charge is 0.369 e. The molecule has 0 unspecified atom stereocenters. The quantitative estimate of drug-likeness (QED) is 0.885. The van der Waals surface area contributed by atoms with Crippen LogP contribution in [0.3, 0.4) is 0 Å². The molecule has 0 amide bonds. The van der Waals surface area contributed by atoms with E-state index in [1.165, 1.54) is 43.7 Å². The molecule has 1 saturated heterocycles. The maximum absolute atomic E-state index is 4.29. The third-order valence-electron chi connectivity index (χ3n) is 5.03. The molecule has 2 aliphatic rings. The Balaban J connectivity index is 1.27. The lowest BCUT2D eigenvalue weighted by molar-refractivity contribution is 0.248. The fourth-order valence-electron chi connectivity index (χ4n) is 3.34.